The SMILES string of the molecule is CCN(CC)S(=O)(=O)c1ccc(N2CCOCC2)c(NC(=O)C(C)Oc2cccc(C)c2C)c1. The second-order valence-corrected chi connectivity index (χ2v) is 10.3. The molecule has 186 valence electrons. The number of ether oxygens (including phenoxy) is 2. The van der Waals surface area contributed by atoms with Crippen molar-refractivity contribution in [3.63, 3.8) is 0 Å². The molecule has 1 heterocycles. The van der Waals surface area contributed by atoms with Crippen LogP contribution < -0.4 is 15.0 Å². The Morgan fingerprint density at radius 1 is 1.15 bits per heavy atom. The molecule has 0 aromatic heterocycles. The van der Waals surface area contributed by atoms with E-state index >= 15 is 0 Å². The van der Waals surface area contributed by atoms with Crippen molar-refractivity contribution in [1.82, 2.24) is 4.31 Å². The molecule has 0 aliphatic carbocycles. The number of anilines is 2. The van der Waals surface area contributed by atoms with Crippen molar-refractivity contribution in [2.75, 3.05) is 49.6 Å². The maximum Gasteiger partial charge on any atom is 0.265 e. The topological polar surface area (TPSA) is 88.2 Å². The second-order valence-electron chi connectivity index (χ2n) is 8.32. The zero-order valence-electron chi connectivity index (χ0n) is 20.6. The van der Waals surface area contributed by atoms with E-state index in [-0.39, 0.29) is 10.8 Å². The number of carbonyl (C=O) groups excluding carboxylic acids is 1. The smallest absolute Gasteiger partial charge is 0.265 e. The number of hydrogen-bond donors (Lipinski definition) is 1. The van der Waals surface area contributed by atoms with Crippen LogP contribution in [0.15, 0.2) is 41.3 Å². The van der Waals surface area contributed by atoms with E-state index in [4.69, 9.17) is 9.47 Å². The number of rotatable bonds is 9. The lowest BCUT2D eigenvalue weighted by molar-refractivity contribution is -0.122. The normalized spacial score (nSPS) is 15.3. The maximum absolute atomic E-state index is 13.1. The van der Waals surface area contributed by atoms with Gasteiger partial charge in [-0.2, -0.15) is 4.31 Å². The van der Waals surface area contributed by atoms with E-state index in [9.17, 15) is 13.2 Å². The van der Waals surface area contributed by atoms with Crippen molar-refractivity contribution >= 4 is 27.3 Å². The van der Waals surface area contributed by atoms with Crippen molar-refractivity contribution < 1.29 is 22.7 Å². The third-order valence-corrected chi connectivity index (χ3v) is 8.19. The second kappa shape index (κ2) is 11.2. The molecule has 2 aromatic rings. The van der Waals surface area contributed by atoms with Gasteiger partial charge in [0.2, 0.25) is 10.0 Å². The molecule has 1 atom stereocenters. The highest BCUT2D eigenvalue weighted by Gasteiger charge is 2.26. The molecule has 0 spiro atoms. The van der Waals surface area contributed by atoms with Crippen molar-refractivity contribution in [2.24, 2.45) is 0 Å². The molecule has 1 aliphatic rings. The summed E-state index contributed by atoms with van der Waals surface area (Å²) in [4.78, 5) is 15.3. The van der Waals surface area contributed by atoms with E-state index < -0.39 is 16.1 Å². The Morgan fingerprint density at radius 3 is 2.47 bits per heavy atom. The van der Waals surface area contributed by atoms with Gasteiger partial charge in [0.05, 0.1) is 29.5 Å². The van der Waals surface area contributed by atoms with Gasteiger partial charge in [0.15, 0.2) is 6.10 Å². The first kappa shape index (κ1) is 26.0. The molecule has 1 aliphatic heterocycles. The maximum atomic E-state index is 13.1. The fourth-order valence-corrected chi connectivity index (χ4v) is 5.38. The van der Waals surface area contributed by atoms with Gasteiger partial charge in [-0.25, -0.2) is 8.42 Å². The van der Waals surface area contributed by atoms with Gasteiger partial charge >= 0.3 is 0 Å². The number of hydrogen-bond acceptors (Lipinski definition) is 6. The number of amides is 1. The zero-order valence-corrected chi connectivity index (χ0v) is 21.4. The molecule has 0 saturated carbocycles. The van der Waals surface area contributed by atoms with E-state index in [2.05, 4.69) is 10.2 Å². The van der Waals surface area contributed by atoms with E-state index in [1.165, 1.54) is 4.31 Å². The first-order valence-electron chi connectivity index (χ1n) is 11.7. The van der Waals surface area contributed by atoms with Crippen LogP contribution in [0.3, 0.4) is 0 Å². The van der Waals surface area contributed by atoms with E-state index in [0.717, 1.165) is 16.8 Å². The Kier molecular flexibility index (Phi) is 8.57. The molecule has 1 saturated heterocycles. The Hall–Kier alpha value is -2.62. The Balaban J connectivity index is 1.91. The van der Waals surface area contributed by atoms with Crippen LogP contribution >= 0.6 is 0 Å². The average molecular weight is 490 g/mol. The van der Waals surface area contributed by atoms with E-state index in [1.807, 2.05) is 32.0 Å². The molecule has 0 bridgehead atoms. The van der Waals surface area contributed by atoms with Crippen LogP contribution in [0, 0.1) is 13.8 Å². The molecule has 2 aromatic carbocycles. The number of carbonyl (C=O) groups is 1. The highest BCUT2D eigenvalue weighted by Crippen LogP contribution is 2.31. The van der Waals surface area contributed by atoms with Gasteiger partial charge in [-0.05, 0) is 56.2 Å². The van der Waals surface area contributed by atoms with E-state index in [1.54, 1.807) is 39.0 Å². The quantitative estimate of drug-likeness (QED) is 0.579. The summed E-state index contributed by atoms with van der Waals surface area (Å²) in [6.07, 6.45) is -0.777. The van der Waals surface area contributed by atoms with Crippen molar-refractivity contribution in [3.05, 3.63) is 47.5 Å². The highest BCUT2D eigenvalue weighted by molar-refractivity contribution is 7.89. The van der Waals surface area contributed by atoms with Gasteiger partial charge in [0, 0.05) is 26.2 Å². The lowest BCUT2D eigenvalue weighted by Gasteiger charge is -2.31. The standard InChI is InChI=1S/C25H35N3O5S/c1-6-28(7-2)34(30,31)21-11-12-23(27-13-15-32-16-14-27)22(17-21)26-25(29)20(5)33-24-10-8-9-18(3)19(24)4/h8-12,17,20H,6-7,13-16H2,1-5H3,(H,26,29). The molecular formula is C25H35N3O5S. The van der Waals surface area contributed by atoms with Gasteiger partial charge in [-0.1, -0.05) is 26.0 Å². The summed E-state index contributed by atoms with van der Waals surface area (Å²) in [6, 6.07) is 10.6. The third-order valence-electron chi connectivity index (χ3n) is 6.15. The molecular weight excluding hydrogens is 454 g/mol. The molecule has 0 radical (unpaired) electrons. The van der Waals surface area contributed by atoms with Crippen molar-refractivity contribution in [3.8, 4) is 5.75 Å². The largest absolute Gasteiger partial charge is 0.481 e. The average Bonchev–Trinajstić information content (AvgIpc) is 2.83. The molecule has 1 N–H and O–H groups in total. The van der Waals surface area contributed by atoms with Gasteiger partial charge in [-0.3, -0.25) is 4.79 Å². The van der Waals surface area contributed by atoms with Crippen LogP contribution in [0.1, 0.15) is 31.9 Å². The Morgan fingerprint density at radius 2 is 1.82 bits per heavy atom. The lowest BCUT2D eigenvalue weighted by Crippen LogP contribution is -2.37. The fraction of sp³-hybridized carbons (Fsp3) is 0.480. The fourth-order valence-electron chi connectivity index (χ4n) is 3.90. The van der Waals surface area contributed by atoms with Crippen LogP contribution in [0.4, 0.5) is 11.4 Å². The number of sulfonamides is 1. The summed E-state index contributed by atoms with van der Waals surface area (Å²) in [6.45, 7) is 12.4. The van der Waals surface area contributed by atoms with Crippen LogP contribution in [0.2, 0.25) is 0 Å². The first-order valence-corrected chi connectivity index (χ1v) is 13.1. The molecule has 9 heteroatoms. The Bertz CT molecular complexity index is 1110. The molecule has 34 heavy (non-hydrogen) atoms. The zero-order chi connectivity index (χ0) is 24.9. The van der Waals surface area contributed by atoms with Gasteiger partial charge in [-0.15, -0.1) is 0 Å². The van der Waals surface area contributed by atoms with Crippen molar-refractivity contribution in [2.45, 2.75) is 45.6 Å². The number of nitrogens with zero attached hydrogens (tertiary/aromatic N) is 2. The van der Waals surface area contributed by atoms with E-state index in [0.29, 0.717) is 50.8 Å². The third kappa shape index (κ3) is 5.71. The van der Waals surface area contributed by atoms with Gasteiger partial charge in [0.25, 0.3) is 5.91 Å². The first-order chi connectivity index (χ1) is 16.2. The molecule has 1 unspecified atom stereocenters. The number of nitrogens with one attached hydrogen (secondary N) is 1. The van der Waals surface area contributed by atoms with Crippen molar-refractivity contribution in [1.29, 1.82) is 0 Å². The summed E-state index contributed by atoms with van der Waals surface area (Å²) in [5.41, 5.74) is 3.25. The van der Waals surface area contributed by atoms with Gasteiger partial charge in [0.1, 0.15) is 5.75 Å². The predicted octanol–water partition coefficient (Wildman–Crippen LogP) is 3.58. The highest BCUT2D eigenvalue weighted by atomic mass is 32.2. The minimum absolute atomic E-state index is 0.145. The summed E-state index contributed by atoms with van der Waals surface area (Å²) >= 11 is 0. The monoisotopic (exact) mass is 489 g/mol. The van der Waals surface area contributed by atoms with Crippen LogP contribution in [0.5, 0.6) is 5.75 Å². The summed E-state index contributed by atoms with van der Waals surface area (Å²) in [7, 11) is -3.68. The van der Waals surface area contributed by atoms with Gasteiger partial charge < -0.3 is 19.7 Å². The van der Waals surface area contributed by atoms with Crippen LogP contribution in [-0.2, 0) is 19.6 Å². The Labute approximate surface area is 202 Å². The number of benzene rings is 2. The number of morpholine rings is 1. The number of aryl methyl sites for hydroxylation is 1. The summed E-state index contributed by atoms with van der Waals surface area (Å²) < 4.78 is 39.0. The molecule has 1 fully saturated rings. The summed E-state index contributed by atoms with van der Waals surface area (Å²) in [5, 5.41) is 2.92. The lowest BCUT2D eigenvalue weighted by atomic mass is 10.1. The predicted molar refractivity (Wildman–Crippen MR) is 134 cm³/mol. The summed E-state index contributed by atoms with van der Waals surface area (Å²) in [5.74, 6) is 0.293. The minimum Gasteiger partial charge on any atom is -0.481 e. The molecule has 3 rings (SSSR count). The molecule has 1 amide bonds. The van der Waals surface area contributed by atoms with Crippen LogP contribution in [0.25, 0.3) is 0 Å². The minimum atomic E-state index is -3.68. The molecule has 8 nitrogen and oxygen atoms in total. The van der Waals surface area contributed by atoms with Crippen LogP contribution in [-0.4, -0.2) is 64.1 Å².